The Kier molecular flexibility index (Phi) is 19.1. The zero-order valence-corrected chi connectivity index (χ0v) is 21.3. The van der Waals surface area contributed by atoms with E-state index >= 15 is 0 Å². The summed E-state index contributed by atoms with van der Waals surface area (Å²) in [7, 11) is 3.13. The Hall–Kier alpha value is -2.48. The van der Waals surface area contributed by atoms with Crippen molar-refractivity contribution in [1.29, 1.82) is 0 Å². The van der Waals surface area contributed by atoms with Gasteiger partial charge in [0.25, 0.3) is 0 Å². The number of rotatable bonds is 22. The number of carbonyl (C=O) groups is 2. The predicted molar refractivity (Wildman–Crippen MR) is 126 cm³/mol. The maximum Gasteiger partial charge on any atom is 0.511 e. The van der Waals surface area contributed by atoms with Crippen molar-refractivity contribution in [3.63, 3.8) is 0 Å². The third-order valence-corrected chi connectivity index (χ3v) is 4.38. The smallest absolute Gasteiger partial charge is 0.496 e. The van der Waals surface area contributed by atoms with Crippen molar-refractivity contribution < 1.29 is 57.0 Å². The van der Waals surface area contributed by atoms with Crippen LogP contribution < -0.4 is 4.74 Å². The van der Waals surface area contributed by atoms with Crippen LogP contribution in [0.4, 0.5) is 4.79 Å². The zero-order chi connectivity index (χ0) is 26.3. The number of methoxy groups -OCH3 is 2. The van der Waals surface area contributed by atoms with Crippen LogP contribution in [0.2, 0.25) is 0 Å². The van der Waals surface area contributed by atoms with Crippen LogP contribution in [-0.2, 0) is 42.6 Å². The van der Waals surface area contributed by atoms with Crippen LogP contribution in [-0.4, -0.2) is 112 Å². The second-order valence-corrected chi connectivity index (χ2v) is 7.03. The fourth-order valence-corrected chi connectivity index (χ4v) is 2.51. The quantitative estimate of drug-likeness (QED) is 0.127. The van der Waals surface area contributed by atoms with E-state index in [1.807, 2.05) is 6.92 Å². The topological polar surface area (TPSA) is 126 Å². The Balaban J connectivity index is 1.86. The lowest BCUT2D eigenvalue weighted by Crippen LogP contribution is -2.17. The molecule has 0 fully saturated rings. The molecule has 0 saturated carbocycles. The van der Waals surface area contributed by atoms with Crippen LogP contribution in [0.5, 0.6) is 5.75 Å². The van der Waals surface area contributed by atoms with Gasteiger partial charge in [0.15, 0.2) is 0 Å². The minimum Gasteiger partial charge on any atom is -0.496 e. The molecule has 0 atom stereocenters. The minimum atomic E-state index is -0.969. The number of hydrogen-bond acceptors (Lipinski definition) is 12. The van der Waals surface area contributed by atoms with Gasteiger partial charge in [-0.1, -0.05) is 6.07 Å². The van der Waals surface area contributed by atoms with Gasteiger partial charge < -0.3 is 47.4 Å². The highest BCUT2D eigenvalue weighted by Crippen LogP contribution is 2.19. The molecule has 0 heterocycles. The van der Waals surface area contributed by atoms with Crippen molar-refractivity contribution in [2.24, 2.45) is 0 Å². The van der Waals surface area contributed by atoms with Gasteiger partial charge in [0, 0.05) is 7.11 Å². The lowest BCUT2D eigenvalue weighted by atomic mass is 10.1. The molecular weight excluding hydrogens is 480 g/mol. The summed E-state index contributed by atoms with van der Waals surface area (Å²) in [6.45, 7) is 6.17. The first-order chi connectivity index (χ1) is 17.6. The second kappa shape index (κ2) is 21.8. The first-order valence-electron chi connectivity index (χ1n) is 11.6. The van der Waals surface area contributed by atoms with E-state index in [0.717, 1.165) is 5.56 Å². The van der Waals surface area contributed by atoms with Gasteiger partial charge in [-0.3, -0.25) is 0 Å². The molecule has 36 heavy (non-hydrogen) atoms. The van der Waals surface area contributed by atoms with Crippen LogP contribution in [0.3, 0.4) is 0 Å². The molecule has 0 amide bonds. The molecule has 206 valence electrons. The third-order valence-electron chi connectivity index (χ3n) is 4.38. The van der Waals surface area contributed by atoms with Crippen LogP contribution in [0.1, 0.15) is 15.9 Å². The normalized spacial score (nSPS) is 10.8. The maximum atomic E-state index is 12.0. The molecular formula is C24H38O12. The van der Waals surface area contributed by atoms with Crippen molar-refractivity contribution in [2.45, 2.75) is 6.92 Å². The van der Waals surface area contributed by atoms with Crippen LogP contribution >= 0.6 is 0 Å². The summed E-state index contributed by atoms with van der Waals surface area (Å²) in [5.41, 5.74) is 1.16. The lowest BCUT2D eigenvalue weighted by molar-refractivity contribution is -0.0374. The van der Waals surface area contributed by atoms with Gasteiger partial charge in [0.1, 0.15) is 12.4 Å². The number of carbonyl (C=O) groups excluding carboxylic acids is 2. The van der Waals surface area contributed by atoms with Crippen molar-refractivity contribution in [3.05, 3.63) is 29.3 Å². The summed E-state index contributed by atoms with van der Waals surface area (Å²) in [6.07, 6.45) is -0.969. The van der Waals surface area contributed by atoms with E-state index in [2.05, 4.69) is 0 Å². The van der Waals surface area contributed by atoms with E-state index in [9.17, 15) is 9.59 Å². The Morgan fingerprint density at radius 1 is 0.639 bits per heavy atom. The minimum absolute atomic E-state index is 0.0114. The van der Waals surface area contributed by atoms with Crippen LogP contribution in [0.25, 0.3) is 0 Å². The molecule has 0 spiro atoms. The highest BCUT2D eigenvalue weighted by Gasteiger charge is 2.11. The van der Waals surface area contributed by atoms with Crippen molar-refractivity contribution in [3.8, 4) is 5.75 Å². The number of benzene rings is 1. The highest BCUT2D eigenvalue weighted by atomic mass is 16.8. The average Bonchev–Trinajstić information content (AvgIpc) is 2.88. The van der Waals surface area contributed by atoms with Gasteiger partial charge in [-0.2, -0.15) is 0 Å². The van der Waals surface area contributed by atoms with Gasteiger partial charge >= 0.3 is 12.1 Å². The lowest BCUT2D eigenvalue weighted by Gasteiger charge is -2.09. The Labute approximate surface area is 211 Å². The molecule has 0 saturated heterocycles. The van der Waals surface area contributed by atoms with Gasteiger partial charge in [0.05, 0.1) is 85.3 Å². The summed E-state index contributed by atoms with van der Waals surface area (Å²) < 4.78 is 51.1. The molecule has 0 bridgehead atoms. The second-order valence-electron chi connectivity index (χ2n) is 7.03. The van der Waals surface area contributed by atoms with Gasteiger partial charge in [-0.15, -0.1) is 0 Å². The fraction of sp³-hybridized carbons (Fsp3) is 0.667. The number of esters is 1. The Bertz CT molecular complexity index is 712. The first-order valence-corrected chi connectivity index (χ1v) is 11.6. The molecule has 1 aromatic rings. The van der Waals surface area contributed by atoms with E-state index in [4.69, 9.17) is 47.4 Å². The molecule has 0 aromatic heterocycles. The molecule has 0 aliphatic rings. The maximum absolute atomic E-state index is 12.0. The fourth-order valence-electron chi connectivity index (χ4n) is 2.51. The molecule has 0 aliphatic heterocycles. The summed E-state index contributed by atoms with van der Waals surface area (Å²) in [5, 5.41) is 0. The van der Waals surface area contributed by atoms with E-state index in [1.165, 1.54) is 7.11 Å². The summed E-state index contributed by atoms with van der Waals surface area (Å²) in [6, 6.07) is 4.86. The summed E-state index contributed by atoms with van der Waals surface area (Å²) >= 11 is 0. The molecule has 0 unspecified atom stereocenters. The SMILES string of the molecule is COCCOCCOCCOCCOCCOCCOC(=O)OCOC(=O)c1ccc(C)c(OC)c1. The molecule has 1 rings (SSSR count). The van der Waals surface area contributed by atoms with E-state index in [1.54, 1.807) is 25.3 Å². The Morgan fingerprint density at radius 3 is 1.64 bits per heavy atom. The average molecular weight is 519 g/mol. The van der Waals surface area contributed by atoms with Crippen LogP contribution in [0, 0.1) is 6.92 Å². The number of ether oxygens (including phenoxy) is 10. The predicted octanol–water partition coefficient (Wildman–Crippen LogP) is 2.00. The monoisotopic (exact) mass is 518 g/mol. The molecule has 0 radical (unpaired) electrons. The molecule has 1 aromatic carbocycles. The zero-order valence-electron chi connectivity index (χ0n) is 21.3. The summed E-state index contributed by atoms with van der Waals surface area (Å²) in [5.74, 6) is -0.0938. The van der Waals surface area contributed by atoms with Gasteiger partial charge in [-0.25, -0.2) is 9.59 Å². The summed E-state index contributed by atoms with van der Waals surface area (Å²) in [4.78, 5) is 23.5. The van der Waals surface area contributed by atoms with Crippen molar-refractivity contribution in [1.82, 2.24) is 0 Å². The van der Waals surface area contributed by atoms with Gasteiger partial charge in [-0.05, 0) is 24.6 Å². The molecule has 0 aliphatic carbocycles. The van der Waals surface area contributed by atoms with Gasteiger partial charge in [0.2, 0.25) is 6.79 Å². The molecule has 0 N–H and O–H groups in total. The van der Waals surface area contributed by atoms with Crippen molar-refractivity contribution in [2.75, 3.05) is 100 Å². The van der Waals surface area contributed by atoms with E-state index < -0.39 is 18.9 Å². The Morgan fingerprint density at radius 2 is 1.14 bits per heavy atom. The van der Waals surface area contributed by atoms with E-state index in [-0.39, 0.29) is 18.8 Å². The number of hydrogen-bond donors (Lipinski definition) is 0. The molecule has 12 heteroatoms. The van der Waals surface area contributed by atoms with Crippen molar-refractivity contribution >= 4 is 12.1 Å². The third kappa shape index (κ3) is 16.2. The number of aryl methyl sites for hydroxylation is 1. The standard InChI is InChI=1S/C24H38O12/c1-20-4-5-21(18-22(20)28-3)23(25)35-19-36-24(26)34-17-16-33-15-14-32-13-12-31-11-10-30-9-8-29-7-6-27-2/h4-5,18H,6-17,19H2,1-3H3. The van der Waals surface area contributed by atoms with Crippen LogP contribution in [0.15, 0.2) is 18.2 Å². The van der Waals surface area contributed by atoms with E-state index in [0.29, 0.717) is 71.8 Å². The first kappa shape index (κ1) is 31.5. The largest absolute Gasteiger partial charge is 0.511 e. The highest BCUT2D eigenvalue weighted by molar-refractivity contribution is 5.90. The molecule has 12 nitrogen and oxygen atoms in total.